The summed E-state index contributed by atoms with van der Waals surface area (Å²) < 4.78 is 44.1. The molecule has 3 aromatic rings. The summed E-state index contributed by atoms with van der Waals surface area (Å²) in [7, 11) is 0. The van der Waals surface area contributed by atoms with E-state index in [9.17, 15) is 18.0 Å². The van der Waals surface area contributed by atoms with Gasteiger partial charge in [-0.1, -0.05) is 12.1 Å². The monoisotopic (exact) mass is 492 g/mol. The second kappa shape index (κ2) is 10.7. The molecular formula is C25H27F3N2O3S. The van der Waals surface area contributed by atoms with Crippen LogP contribution in [0.4, 0.5) is 13.2 Å². The summed E-state index contributed by atoms with van der Waals surface area (Å²) in [5.41, 5.74) is -0.215. The van der Waals surface area contributed by atoms with E-state index in [1.165, 1.54) is 12.1 Å². The Bertz CT molecular complexity index is 1130. The van der Waals surface area contributed by atoms with Crippen LogP contribution in [0.5, 0.6) is 11.5 Å². The molecule has 1 amide bonds. The van der Waals surface area contributed by atoms with Crippen molar-refractivity contribution < 1.29 is 27.8 Å². The standard InChI is InChI=1S/C25H25F3N2O3.H2S/c1-16(19-14-30(15-19)11-12-31)29-24(32)18-5-10-22-17(13-18)3-2-4-23(22)33-21-8-6-20(7-9-21)25(26,27)28;/h2-10,13,16,19,31H,11-12,14-15H2,1H3,(H,29,32);1H2/t16-;/m0./s1. The molecule has 0 spiro atoms. The van der Waals surface area contributed by atoms with Crippen LogP contribution in [0.3, 0.4) is 0 Å². The number of rotatable bonds is 7. The number of β-amino-alcohol motifs (C(OH)–C–C–N with tert-alkyl or cyclic N) is 1. The van der Waals surface area contributed by atoms with Crippen molar-refractivity contribution in [3.63, 3.8) is 0 Å². The first-order chi connectivity index (χ1) is 15.7. The van der Waals surface area contributed by atoms with Crippen LogP contribution in [-0.2, 0) is 6.18 Å². The summed E-state index contributed by atoms with van der Waals surface area (Å²) in [6.07, 6.45) is -4.40. The lowest BCUT2D eigenvalue weighted by molar-refractivity contribution is -0.137. The molecule has 1 saturated heterocycles. The van der Waals surface area contributed by atoms with Crippen molar-refractivity contribution in [1.82, 2.24) is 10.2 Å². The highest BCUT2D eigenvalue weighted by Gasteiger charge is 2.31. The van der Waals surface area contributed by atoms with Gasteiger partial charge in [0.15, 0.2) is 0 Å². The number of carbonyl (C=O) groups excluding carboxylic acids is 1. The highest BCUT2D eigenvalue weighted by atomic mass is 32.1. The maximum Gasteiger partial charge on any atom is 0.416 e. The number of nitrogens with one attached hydrogen (secondary N) is 1. The van der Waals surface area contributed by atoms with E-state index in [1.807, 2.05) is 13.0 Å². The topological polar surface area (TPSA) is 61.8 Å². The highest BCUT2D eigenvalue weighted by Crippen LogP contribution is 2.34. The molecular weight excluding hydrogens is 465 g/mol. The van der Waals surface area contributed by atoms with Gasteiger partial charge in [-0.05, 0) is 60.8 Å². The van der Waals surface area contributed by atoms with Crippen molar-refractivity contribution in [3.05, 3.63) is 71.8 Å². The van der Waals surface area contributed by atoms with Crippen molar-refractivity contribution in [1.29, 1.82) is 0 Å². The molecule has 34 heavy (non-hydrogen) atoms. The quantitative estimate of drug-likeness (QED) is 0.497. The van der Waals surface area contributed by atoms with Gasteiger partial charge in [0.2, 0.25) is 0 Å². The molecule has 1 atom stereocenters. The average Bonchev–Trinajstić information content (AvgIpc) is 2.75. The molecule has 4 rings (SSSR count). The number of halogens is 3. The SMILES string of the molecule is C[C@H](NC(=O)c1ccc2c(Oc3ccc(C(F)(F)F)cc3)cccc2c1)C1CN(CCO)C1.S. The normalized spacial score (nSPS) is 15.3. The van der Waals surface area contributed by atoms with Gasteiger partial charge in [0.25, 0.3) is 5.91 Å². The number of hydrogen-bond acceptors (Lipinski definition) is 4. The van der Waals surface area contributed by atoms with Crippen molar-refractivity contribution >= 4 is 30.2 Å². The number of likely N-dealkylation sites (tertiary alicyclic amines) is 1. The number of ether oxygens (including phenoxy) is 1. The molecule has 1 fully saturated rings. The molecule has 182 valence electrons. The molecule has 0 saturated carbocycles. The number of benzene rings is 3. The first kappa shape index (κ1) is 25.9. The lowest BCUT2D eigenvalue weighted by Gasteiger charge is -2.42. The van der Waals surface area contributed by atoms with Crippen molar-refractivity contribution in [2.45, 2.75) is 19.1 Å². The minimum Gasteiger partial charge on any atom is -0.457 e. The Kier molecular flexibility index (Phi) is 8.12. The average molecular weight is 493 g/mol. The predicted octanol–water partition coefficient (Wildman–Crippen LogP) is 4.81. The van der Waals surface area contributed by atoms with Gasteiger partial charge in [-0.3, -0.25) is 4.79 Å². The molecule has 3 aromatic carbocycles. The van der Waals surface area contributed by atoms with Crippen LogP contribution in [0.1, 0.15) is 22.8 Å². The molecule has 1 aliphatic rings. The second-order valence-corrected chi connectivity index (χ2v) is 8.32. The fourth-order valence-corrected chi connectivity index (χ4v) is 3.98. The third kappa shape index (κ3) is 5.84. The fraction of sp³-hybridized carbons (Fsp3) is 0.320. The lowest BCUT2D eigenvalue weighted by Crippen LogP contribution is -2.56. The first-order valence-corrected chi connectivity index (χ1v) is 10.8. The summed E-state index contributed by atoms with van der Waals surface area (Å²) in [5, 5.41) is 13.6. The maximum absolute atomic E-state index is 12.8. The molecule has 0 radical (unpaired) electrons. The first-order valence-electron chi connectivity index (χ1n) is 10.8. The zero-order chi connectivity index (χ0) is 23.6. The third-order valence-electron chi connectivity index (χ3n) is 5.98. The van der Waals surface area contributed by atoms with Crippen LogP contribution < -0.4 is 10.1 Å². The maximum atomic E-state index is 12.8. The van der Waals surface area contributed by atoms with Crippen LogP contribution in [0.25, 0.3) is 10.8 Å². The summed E-state index contributed by atoms with van der Waals surface area (Å²) in [6.45, 7) is 4.47. The summed E-state index contributed by atoms with van der Waals surface area (Å²) in [4.78, 5) is 14.9. The highest BCUT2D eigenvalue weighted by molar-refractivity contribution is 7.59. The number of carbonyl (C=O) groups is 1. The van der Waals surface area contributed by atoms with Gasteiger partial charge in [-0.2, -0.15) is 26.7 Å². The van der Waals surface area contributed by atoms with Gasteiger partial charge < -0.3 is 20.1 Å². The molecule has 1 heterocycles. The Balaban J connectivity index is 0.00000324. The Hall–Kier alpha value is -2.75. The molecule has 1 aliphatic heterocycles. The van der Waals surface area contributed by atoms with Gasteiger partial charge in [0, 0.05) is 42.5 Å². The predicted molar refractivity (Wildman–Crippen MR) is 130 cm³/mol. The fourth-order valence-electron chi connectivity index (χ4n) is 3.98. The van der Waals surface area contributed by atoms with Crippen molar-refractivity contribution in [3.8, 4) is 11.5 Å². The summed E-state index contributed by atoms with van der Waals surface area (Å²) >= 11 is 0. The van der Waals surface area contributed by atoms with E-state index < -0.39 is 11.7 Å². The molecule has 5 nitrogen and oxygen atoms in total. The van der Waals surface area contributed by atoms with Crippen molar-refractivity contribution in [2.75, 3.05) is 26.2 Å². The van der Waals surface area contributed by atoms with E-state index in [2.05, 4.69) is 10.2 Å². The largest absolute Gasteiger partial charge is 0.457 e. The van der Waals surface area contributed by atoms with Gasteiger partial charge in [-0.15, -0.1) is 0 Å². The Labute approximate surface area is 203 Å². The zero-order valence-corrected chi connectivity index (χ0v) is 19.6. The van der Waals surface area contributed by atoms with E-state index in [4.69, 9.17) is 9.84 Å². The van der Waals surface area contributed by atoms with E-state index in [-0.39, 0.29) is 32.1 Å². The molecule has 0 aromatic heterocycles. The van der Waals surface area contributed by atoms with E-state index in [1.54, 1.807) is 30.3 Å². The van der Waals surface area contributed by atoms with Crippen LogP contribution in [0, 0.1) is 5.92 Å². The van der Waals surface area contributed by atoms with Gasteiger partial charge >= 0.3 is 6.18 Å². The number of hydrogen-bond donors (Lipinski definition) is 2. The van der Waals surface area contributed by atoms with E-state index in [0.29, 0.717) is 29.5 Å². The Morgan fingerprint density at radius 1 is 1.15 bits per heavy atom. The lowest BCUT2D eigenvalue weighted by atomic mass is 9.92. The number of amides is 1. The van der Waals surface area contributed by atoms with E-state index in [0.717, 1.165) is 36.0 Å². The van der Waals surface area contributed by atoms with Crippen LogP contribution >= 0.6 is 13.5 Å². The number of aliphatic hydroxyl groups is 1. The molecule has 2 N–H and O–H groups in total. The zero-order valence-electron chi connectivity index (χ0n) is 18.6. The van der Waals surface area contributed by atoms with Crippen LogP contribution in [-0.4, -0.2) is 48.2 Å². The van der Waals surface area contributed by atoms with Crippen molar-refractivity contribution in [2.24, 2.45) is 5.92 Å². The number of nitrogens with zero attached hydrogens (tertiary/aromatic N) is 1. The molecule has 9 heteroatoms. The number of aliphatic hydroxyl groups excluding tert-OH is 1. The molecule has 0 bridgehead atoms. The smallest absolute Gasteiger partial charge is 0.416 e. The minimum absolute atomic E-state index is 0. The second-order valence-electron chi connectivity index (χ2n) is 8.32. The van der Waals surface area contributed by atoms with Crippen LogP contribution in [0.2, 0.25) is 0 Å². The minimum atomic E-state index is -4.40. The summed E-state index contributed by atoms with van der Waals surface area (Å²) in [5.74, 6) is 0.969. The third-order valence-corrected chi connectivity index (χ3v) is 5.98. The Morgan fingerprint density at radius 3 is 2.50 bits per heavy atom. The summed E-state index contributed by atoms with van der Waals surface area (Å²) in [6, 6.07) is 15.2. The Morgan fingerprint density at radius 2 is 1.85 bits per heavy atom. The van der Waals surface area contributed by atoms with Gasteiger partial charge in [0.05, 0.1) is 12.2 Å². The molecule has 0 unspecified atom stereocenters. The number of fused-ring (bicyclic) bond motifs is 1. The van der Waals surface area contributed by atoms with Gasteiger partial charge in [0.1, 0.15) is 11.5 Å². The van der Waals surface area contributed by atoms with Crippen LogP contribution in [0.15, 0.2) is 60.7 Å². The van der Waals surface area contributed by atoms with E-state index >= 15 is 0 Å². The molecule has 0 aliphatic carbocycles. The van der Waals surface area contributed by atoms with Gasteiger partial charge in [-0.25, -0.2) is 0 Å². The number of alkyl halides is 3.